The SMILES string of the molecule is CCOc1c(Br)cc(C(=O)N2CC[NH+](Cc3ccccc3)CC2)cc1OC. The number of hydrogen-bond donors (Lipinski definition) is 1. The van der Waals surface area contributed by atoms with Crippen LogP contribution in [0, 0.1) is 0 Å². The first-order valence-corrected chi connectivity index (χ1v) is 10.1. The number of quaternary nitrogens is 1. The Morgan fingerprint density at radius 1 is 1.19 bits per heavy atom. The molecule has 0 aliphatic carbocycles. The van der Waals surface area contributed by atoms with Gasteiger partial charge in [-0.05, 0) is 35.0 Å². The van der Waals surface area contributed by atoms with Gasteiger partial charge in [-0.15, -0.1) is 0 Å². The second-order valence-corrected chi connectivity index (χ2v) is 7.48. The summed E-state index contributed by atoms with van der Waals surface area (Å²) < 4.78 is 11.8. The smallest absolute Gasteiger partial charge is 0.254 e. The number of hydrogen-bond acceptors (Lipinski definition) is 3. The second-order valence-electron chi connectivity index (χ2n) is 6.63. The molecule has 0 spiro atoms. The lowest BCUT2D eigenvalue weighted by atomic mass is 10.1. The molecule has 3 rings (SSSR count). The molecule has 27 heavy (non-hydrogen) atoms. The molecule has 0 unspecified atom stereocenters. The van der Waals surface area contributed by atoms with Crippen molar-refractivity contribution in [1.29, 1.82) is 0 Å². The maximum atomic E-state index is 13.0. The van der Waals surface area contributed by atoms with Gasteiger partial charge in [0.05, 0.1) is 44.4 Å². The highest BCUT2D eigenvalue weighted by molar-refractivity contribution is 9.10. The third-order valence-corrected chi connectivity index (χ3v) is 5.41. The average molecular weight is 434 g/mol. The van der Waals surface area contributed by atoms with Crippen molar-refractivity contribution in [2.45, 2.75) is 13.5 Å². The number of amides is 1. The fourth-order valence-electron chi connectivity index (χ4n) is 3.40. The minimum atomic E-state index is 0.0378. The van der Waals surface area contributed by atoms with E-state index in [-0.39, 0.29) is 5.91 Å². The Labute approximate surface area is 169 Å². The number of piperazine rings is 1. The summed E-state index contributed by atoms with van der Waals surface area (Å²) in [6.45, 7) is 6.89. The molecular weight excluding hydrogens is 408 g/mol. The standard InChI is InChI=1S/C21H25BrN2O3/c1-3-27-20-18(22)13-17(14-19(20)26-2)21(25)24-11-9-23(10-12-24)15-16-7-5-4-6-8-16/h4-8,13-14H,3,9-12,15H2,1-2H3/p+1. The molecule has 1 saturated heterocycles. The number of carbonyl (C=O) groups is 1. The van der Waals surface area contributed by atoms with E-state index in [9.17, 15) is 4.79 Å². The summed E-state index contributed by atoms with van der Waals surface area (Å²) in [5.74, 6) is 1.24. The molecule has 1 N–H and O–H groups in total. The first kappa shape index (κ1) is 19.7. The highest BCUT2D eigenvalue weighted by Gasteiger charge is 2.26. The topological polar surface area (TPSA) is 43.2 Å². The van der Waals surface area contributed by atoms with Gasteiger partial charge in [0.1, 0.15) is 6.54 Å². The predicted molar refractivity (Wildman–Crippen MR) is 109 cm³/mol. The van der Waals surface area contributed by atoms with E-state index in [1.165, 1.54) is 10.5 Å². The molecule has 1 aliphatic heterocycles. The third kappa shape index (κ3) is 4.82. The Morgan fingerprint density at radius 3 is 2.52 bits per heavy atom. The summed E-state index contributed by atoms with van der Waals surface area (Å²) in [6.07, 6.45) is 0. The van der Waals surface area contributed by atoms with Gasteiger partial charge in [-0.1, -0.05) is 30.3 Å². The molecule has 0 radical (unpaired) electrons. The number of ether oxygens (including phenoxy) is 2. The van der Waals surface area contributed by atoms with E-state index in [2.05, 4.69) is 40.2 Å². The Kier molecular flexibility index (Phi) is 6.74. The molecular formula is C21H26BrN2O3+. The van der Waals surface area contributed by atoms with Crippen molar-refractivity contribution in [3.8, 4) is 11.5 Å². The fraction of sp³-hybridized carbons (Fsp3) is 0.381. The van der Waals surface area contributed by atoms with Crippen LogP contribution in [0.15, 0.2) is 46.9 Å². The molecule has 0 saturated carbocycles. The second kappa shape index (κ2) is 9.24. The van der Waals surface area contributed by atoms with Crippen LogP contribution >= 0.6 is 15.9 Å². The van der Waals surface area contributed by atoms with Crippen molar-refractivity contribution < 1.29 is 19.2 Å². The Balaban J connectivity index is 1.64. The van der Waals surface area contributed by atoms with E-state index in [0.717, 1.165) is 37.2 Å². The summed E-state index contributed by atoms with van der Waals surface area (Å²) in [4.78, 5) is 16.4. The molecule has 2 aromatic rings. The van der Waals surface area contributed by atoms with Crippen molar-refractivity contribution >= 4 is 21.8 Å². The lowest BCUT2D eigenvalue weighted by Crippen LogP contribution is -3.13. The first-order valence-electron chi connectivity index (χ1n) is 9.29. The van der Waals surface area contributed by atoms with E-state index in [4.69, 9.17) is 9.47 Å². The van der Waals surface area contributed by atoms with E-state index < -0.39 is 0 Å². The van der Waals surface area contributed by atoms with Gasteiger partial charge in [-0.2, -0.15) is 0 Å². The number of nitrogens with zero attached hydrogens (tertiary/aromatic N) is 1. The number of carbonyl (C=O) groups excluding carboxylic acids is 1. The highest BCUT2D eigenvalue weighted by atomic mass is 79.9. The minimum absolute atomic E-state index is 0.0378. The fourth-order valence-corrected chi connectivity index (χ4v) is 3.95. The van der Waals surface area contributed by atoms with Crippen LogP contribution in [0.25, 0.3) is 0 Å². The van der Waals surface area contributed by atoms with E-state index in [1.54, 1.807) is 13.2 Å². The van der Waals surface area contributed by atoms with Crippen molar-refractivity contribution in [2.24, 2.45) is 0 Å². The molecule has 1 aliphatic rings. The zero-order valence-corrected chi connectivity index (χ0v) is 17.4. The molecule has 5 nitrogen and oxygen atoms in total. The van der Waals surface area contributed by atoms with Gasteiger partial charge in [0.15, 0.2) is 11.5 Å². The van der Waals surface area contributed by atoms with Gasteiger partial charge in [0.25, 0.3) is 5.91 Å². The molecule has 0 aromatic heterocycles. The zero-order chi connectivity index (χ0) is 19.2. The van der Waals surface area contributed by atoms with Gasteiger partial charge < -0.3 is 19.3 Å². The third-order valence-electron chi connectivity index (χ3n) is 4.82. The molecule has 0 bridgehead atoms. The van der Waals surface area contributed by atoms with Crippen molar-refractivity contribution in [2.75, 3.05) is 39.9 Å². The average Bonchev–Trinajstić information content (AvgIpc) is 2.70. The lowest BCUT2D eigenvalue weighted by Gasteiger charge is -2.32. The van der Waals surface area contributed by atoms with Crippen LogP contribution in [0.1, 0.15) is 22.8 Å². The van der Waals surface area contributed by atoms with Gasteiger partial charge >= 0.3 is 0 Å². The van der Waals surface area contributed by atoms with Crippen LogP contribution < -0.4 is 14.4 Å². The van der Waals surface area contributed by atoms with Crippen molar-refractivity contribution in [1.82, 2.24) is 4.90 Å². The number of benzene rings is 2. The van der Waals surface area contributed by atoms with Crippen LogP contribution in [-0.4, -0.2) is 50.7 Å². The molecule has 1 fully saturated rings. The maximum absolute atomic E-state index is 13.0. The molecule has 144 valence electrons. The van der Waals surface area contributed by atoms with Gasteiger partial charge in [0, 0.05) is 11.1 Å². The summed E-state index contributed by atoms with van der Waals surface area (Å²) in [7, 11) is 1.59. The number of nitrogens with one attached hydrogen (secondary N) is 1. The molecule has 2 aromatic carbocycles. The number of rotatable bonds is 6. The minimum Gasteiger partial charge on any atom is -0.493 e. The van der Waals surface area contributed by atoms with E-state index in [1.807, 2.05) is 24.0 Å². The lowest BCUT2D eigenvalue weighted by molar-refractivity contribution is -0.917. The molecule has 1 heterocycles. The van der Waals surface area contributed by atoms with Crippen LogP contribution in [0.2, 0.25) is 0 Å². The van der Waals surface area contributed by atoms with Crippen molar-refractivity contribution in [3.05, 3.63) is 58.1 Å². The van der Waals surface area contributed by atoms with Gasteiger partial charge in [0.2, 0.25) is 0 Å². The van der Waals surface area contributed by atoms with E-state index in [0.29, 0.717) is 23.7 Å². The zero-order valence-electron chi connectivity index (χ0n) is 15.8. The largest absolute Gasteiger partial charge is 0.493 e. The van der Waals surface area contributed by atoms with E-state index >= 15 is 0 Å². The number of methoxy groups -OCH3 is 1. The highest BCUT2D eigenvalue weighted by Crippen LogP contribution is 2.37. The monoisotopic (exact) mass is 433 g/mol. The van der Waals surface area contributed by atoms with Crippen molar-refractivity contribution in [3.63, 3.8) is 0 Å². The summed E-state index contributed by atoms with van der Waals surface area (Å²) >= 11 is 3.50. The quantitative estimate of drug-likeness (QED) is 0.760. The summed E-state index contributed by atoms with van der Waals surface area (Å²) in [5.41, 5.74) is 1.96. The Bertz CT molecular complexity index is 774. The molecule has 6 heteroatoms. The molecule has 1 amide bonds. The summed E-state index contributed by atoms with van der Waals surface area (Å²) in [6, 6.07) is 14.1. The first-order chi connectivity index (χ1) is 13.1. The Hall–Kier alpha value is -2.05. The maximum Gasteiger partial charge on any atom is 0.254 e. The number of halogens is 1. The predicted octanol–water partition coefficient (Wildman–Crippen LogP) is 2.40. The normalized spacial score (nSPS) is 14.9. The van der Waals surface area contributed by atoms with Crippen LogP contribution in [0.5, 0.6) is 11.5 Å². The van der Waals surface area contributed by atoms with Gasteiger partial charge in [-0.25, -0.2) is 0 Å². The van der Waals surface area contributed by atoms with Crippen LogP contribution in [-0.2, 0) is 6.54 Å². The van der Waals surface area contributed by atoms with Crippen LogP contribution in [0.4, 0.5) is 0 Å². The van der Waals surface area contributed by atoms with Crippen LogP contribution in [0.3, 0.4) is 0 Å². The Morgan fingerprint density at radius 2 is 1.89 bits per heavy atom. The van der Waals surface area contributed by atoms with Gasteiger partial charge in [-0.3, -0.25) is 4.79 Å². The molecule has 0 atom stereocenters. The summed E-state index contributed by atoms with van der Waals surface area (Å²) in [5, 5.41) is 0.